The maximum Gasteiger partial charge on any atom is 0.240 e. The van der Waals surface area contributed by atoms with E-state index in [1.165, 1.54) is 12.1 Å². The third-order valence-corrected chi connectivity index (χ3v) is 5.52. The van der Waals surface area contributed by atoms with Gasteiger partial charge in [0.15, 0.2) is 0 Å². The van der Waals surface area contributed by atoms with Gasteiger partial charge in [-0.05, 0) is 48.2 Å². The van der Waals surface area contributed by atoms with Gasteiger partial charge in [-0.25, -0.2) is 13.1 Å². The first-order chi connectivity index (χ1) is 12.1. The van der Waals surface area contributed by atoms with E-state index in [0.29, 0.717) is 23.9 Å². The molecule has 1 aliphatic rings. The van der Waals surface area contributed by atoms with Gasteiger partial charge in [0.1, 0.15) is 0 Å². The van der Waals surface area contributed by atoms with Crippen molar-refractivity contribution in [2.75, 3.05) is 26.4 Å². The van der Waals surface area contributed by atoms with Crippen LogP contribution in [0, 0.1) is 5.92 Å². The van der Waals surface area contributed by atoms with Crippen LogP contribution in [-0.2, 0) is 21.3 Å². The zero-order valence-electron chi connectivity index (χ0n) is 13.7. The Kier molecular flexibility index (Phi) is 5.74. The van der Waals surface area contributed by atoms with Gasteiger partial charge < -0.3 is 9.84 Å². The van der Waals surface area contributed by atoms with Crippen LogP contribution in [0.25, 0.3) is 11.4 Å². The average Bonchev–Trinajstić information content (AvgIpc) is 3.09. The molecule has 0 spiro atoms. The van der Waals surface area contributed by atoms with Crippen LogP contribution in [0.4, 0.5) is 0 Å². The van der Waals surface area contributed by atoms with Crippen molar-refractivity contribution in [3.63, 3.8) is 0 Å². The van der Waals surface area contributed by atoms with Gasteiger partial charge in [-0.15, -0.1) is 10.2 Å². The zero-order valence-corrected chi connectivity index (χ0v) is 14.5. The van der Waals surface area contributed by atoms with Crippen LogP contribution in [0.5, 0.6) is 0 Å². The molecule has 0 radical (unpaired) electrons. The second-order valence-electron chi connectivity index (χ2n) is 5.87. The molecule has 2 aromatic rings. The minimum absolute atomic E-state index is 0.0217. The Bertz CT molecular complexity index is 785. The Hall–Kier alpha value is -1.88. The van der Waals surface area contributed by atoms with E-state index in [9.17, 15) is 8.42 Å². The number of aromatic nitrogens is 4. The van der Waals surface area contributed by atoms with Crippen LogP contribution in [0.3, 0.4) is 0 Å². The second kappa shape index (κ2) is 8.00. The monoisotopic (exact) mass is 367 g/mol. The van der Waals surface area contributed by atoms with Crippen molar-refractivity contribution < 1.29 is 18.3 Å². The van der Waals surface area contributed by atoms with E-state index in [4.69, 9.17) is 9.84 Å². The number of benzene rings is 1. The summed E-state index contributed by atoms with van der Waals surface area (Å²) in [6, 6.07) is 6.25. The number of sulfonamides is 1. The van der Waals surface area contributed by atoms with Crippen LogP contribution in [-0.4, -0.2) is 60.1 Å². The highest BCUT2D eigenvalue weighted by molar-refractivity contribution is 7.89. The number of ether oxygens (including phenoxy) is 1. The molecular weight excluding hydrogens is 346 g/mol. The molecule has 0 aliphatic carbocycles. The molecule has 1 fully saturated rings. The summed E-state index contributed by atoms with van der Waals surface area (Å²) in [7, 11) is -3.62. The minimum Gasteiger partial charge on any atom is -0.395 e. The highest BCUT2D eigenvalue weighted by Crippen LogP contribution is 2.19. The first-order valence-corrected chi connectivity index (χ1v) is 9.63. The molecule has 0 atom stereocenters. The Balaban J connectivity index is 1.68. The van der Waals surface area contributed by atoms with Gasteiger partial charge in [-0.1, -0.05) is 0 Å². The molecule has 9 nitrogen and oxygen atoms in total. The van der Waals surface area contributed by atoms with Crippen molar-refractivity contribution in [2.45, 2.75) is 24.3 Å². The Morgan fingerprint density at radius 1 is 1.24 bits per heavy atom. The number of nitrogens with one attached hydrogen (secondary N) is 1. The summed E-state index contributed by atoms with van der Waals surface area (Å²) in [5.74, 6) is 0.945. The van der Waals surface area contributed by atoms with E-state index >= 15 is 0 Å². The third kappa shape index (κ3) is 4.60. The molecule has 136 valence electrons. The first-order valence-electron chi connectivity index (χ1n) is 8.15. The maximum absolute atomic E-state index is 12.0. The lowest BCUT2D eigenvalue weighted by Gasteiger charge is -2.20. The first kappa shape index (κ1) is 17.9. The lowest BCUT2D eigenvalue weighted by atomic mass is 10.0. The molecule has 1 aromatic carbocycles. The van der Waals surface area contributed by atoms with Crippen molar-refractivity contribution >= 4 is 10.0 Å². The van der Waals surface area contributed by atoms with Crippen LogP contribution < -0.4 is 4.72 Å². The number of tetrazole rings is 1. The number of hydrogen-bond acceptors (Lipinski definition) is 7. The van der Waals surface area contributed by atoms with Crippen molar-refractivity contribution in [3.8, 4) is 11.4 Å². The summed E-state index contributed by atoms with van der Waals surface area (Å²) in [5, 5.41) is 21.2. The Morgan fingerprint density at radius 2 is 1.96 bits per heavy atom. The van der Waals surface area contributed by atoms with Gasteiger partial charge in [0.05, 0.1) is 18.0 Å². The smallest absolute Gasteiger partial charge is 0.240 e. The number of rotatable bonds is 7. The largest absolute Gasteiger partial charge is 0.395 e. The van der Waals surface area contributed by atoms with E-state index in [1.807, 2.05) is 0 Å². The Morgan fingerprint density at radius 3 is 2.64 bits per heavy atom. The molecular formula is C15H21N5O4S. The summed E-state index contributed by atoms with van der Waals surface area (Å²) < 4.78 is 31.6. The normalized spacial score (nSPS) is 16.2. The van der Waals surface area contributed by atoms with Gasteiger partial charge in [0.2, 0.25) is 15.8 Å². The Labute approximate surface area is 146 Å². The van der Waals surface area contributed by atoms with E-state index in [2.05, 4.69) is 20.1 Å². The van der Waals surface area contributed by atoms with Crippen molar-refractivity contribution in [1.29, 1.82) is 0 Å². The average molecular weight is 367 g/mol. The summed E-state index contributed by atoms with van der Waals surface area (Å²) in [6.07, 6.45) is 1.98. The fourth-order valence-corrected chi connectivity index (χ4v) is 3.66. The molecule has 2 heterocycles. The van der Waals surface area contributed by atoms with Crippen molar-refractivity contribution in [3.05, 3.63) is 24.3 Å². The van der Waals surface area contributed by atoms with Crippen molar-refractivity contribution in [1.82, 2.24) is 24.9 Å². The van der Waals surface area contributed by atoms with Crippen LogP contribution in [0.1, 0.15) is 12.8 Å². The molecule has 1 aromatic heterocycles. The quantitative estimate of drug-likeness (QED) is 0.709. The fraction of sp³-hybridized carbons (Fsp3) is 0.533. The summed E-state index contributed by atoms with van der Waals surface area (Å²) in [4.78, 5) is 1.71. The number of aliphatic hydroxyl groups is 1. The van der Waals surface area contributed by atoms with E-state index < -0.39 is 10.0 Å². The number of aliphatic hydroxyl groups excluding tert-OH is 1. The van der Waals surface area contributed by atoms with E-state index in [-0.39, 0.29) is 18.0 Å². The highest BCUT2D eigenvalue weighted by atomic mass is 32.2. The van der Waals surface area contributed by atoms with Gasteiger partial charge in [0.25, 0.3) is 0 Å². The van der Waals surface area contributed by atoms with Gasteiger partial charge in [-0.2, -0.15) is 4.80 Å². The summed E-state index contributed by atoms with van der Waals surface area (Å²) in [6.45, 7) is 1.97. The molecule has 25 heavy (non-hydrogen) atoms. The van der Waals surface area contributed by atoms with E-state index in [0.717, 1.165) is 26.1 Å². The van der Waals surface area contributed by atoms with Crippen LogP contribution in [0.2, 0.25) is 0 Å². The minimum atomic E-state index is -3.62. The molecule has 0 unspecified atom stereocenters. The molecule has 0 bridgehead atoms. The molecule has 0 saturated carbocycles. The van der Waals surface area contributed by atoms with Gasteiger partial charge >= 0.3 is 0 Å². The van der Waals surface area contributed by atoms with Crippen LogP contribution >= 0.6 is 0 Å². The number of hydrogen-bond donors (Lipinski definition) is 2. The van der Waals surface area contributed by atoms with Crippen LogP contribution in [0.15, 0.2) is 29.2 Å². The molecule has 0 amide bonds. The lowest BCUT2D eigenvalue weighted by Crippen LogP contribution is -2.26. The van der Waals surface area contributed by atoms with E-state index in [1.54, 1.807) is 16.9 Å². The number of nitrogens with zero attached hydrogens (tertiary/aromatic N) is 4. The van der Waals surface area contributed by atoms with Gasteiger partial charge in [0, 0.05) is 25.3 Å². The summed E-state index contributed by atoms with van der Waals surface area (Å²) >= 11 is 0. The standard InChI is InChI=1S/C15H21N5O4S/c21-8-7-16-25(22,23)14-3-1-13(2-4-14)15-17-19-20(18-15)11-12-5-9-24-10-6-12/h1-4,12,16,21H,5-11H2. The molecule has 10 heteroatoms. The third-order valence-electron chi connectivity index (χ3n) is 4.04. The molecule has 1 saturated heterocycles. The molecule has 1 aliphatic heterocycles. The molecule has 2 N–H and O–H groups in total. The predicted octanol–water partition coefficient (Wildman–Crippen LogP) is 0.0373. The predicted molar refractivity (Wildman–Crippen MR) is 89.1 cm³/mol. The maximum atomic E-state index is 12.0. The lowest BCUT2D eigenvalue weighted by molar-refractivity contribution is 0.0586. The molecule has 3 rings (SSSR count). The van der Waals surface area contributed by atoms with Gasteiger partial charge in [-0.3, -0.25) is 0 Å². The highest BCUT2D eigenvalue weighted by Gasteiger charge is 2.17. The zero-order chi connectivity index (χ0) is 17.7. The SMILES string of the molecule is O=S(=O)(NCCO)c1ccc(-c2nnn(CC3CCOCC3)n2)cc1. The topological polar surface area (TPSA) is 119 Å². The summed E-state index contributed by atoms with van der Waals surface area (Å²) in [5.41, 5.74) is 0.694. The fourth-order valence-electron chi connectivity index (χ4n) is 2.64. The van der Waals surface area contributed by atoms with Crippen molar-refractivity contribution in [2.24, 2.45) is 5.92 Å². The second-order valence-corrected chi connectivity index (χ2v) is 7.64.